The van der Waals surface area contributed by atoms with Gasteiger partial charge in [0, 0.05) is 20.5 Å². The SMILES string of the molecule is Clc1ccc(-c2nnc(CSc3cc(Cl)ccc3Cl)o2)cc1. The van der Waals surface area contributed by atoms with Gasteiger partial charge >= 0.3 is 0 Å². The van der Waals surface area contributed by atoms with E-state index in [1.165, 1.54) is 11.8 Å². The molecule has 0 amide bonds. The average molecular weight is 372 g/mol. The van der Waals surface area contributed by atoms with Crippen LogP contribution < -0.4 is 0 Å². The van der Waals surface area contributed by atoms with E-state index in [-0.39, 0.29) is 0 Å². The molecule has 0 aliphatic rings. The maximum atomic E-state index is 6.12. The topological polar surface area (TPSA) is 38.9 Å². The molecule has 3 aromatic rings. The zero-order chi connectivity index (χ0) is 15.5. The zero-order valence-electron chi connectivity index (χ0n) is 11.1. The van der Waals surface area contributed by atoms with Crippen molar-refractivity contribution in [3.05, 3.63) is 63.4 Å². The molecular formula is C15H9Cl3N2OS. The molecule has 1 heterocycles. The Bertz CT molecular complexity index is 790. The van der Waals surface area contributed by atoms with E-state index in [4.69, 9.17) is 39.2 Å². The molecule has 7 heteroatoms. The molecule has 0 spiro atoms. The summed E-state index contributed by atoms with van der Waals surface area (Å²) in [5.41, 5.74) is 0.828. The molecule has 3 rings (SSSR count). The van der Waals surface area contributed by atoms with Gasteiger partial charge < -0.3 is 4.42 Å². The van der Waals surface area contributed by atoms with Gasteiger partial charge in [0.25, 0.3) is 0 Å². The van der Waals surface area contributed by atoms with Crippen molar-refractivity contribution >= 4 is 46.6 Å². The fourth-order valence-corrected chi connectivity index (χ4v) is 3.20. The number of nitrogens with zero attached hydrogens (tertiary/aromatic N) is 2. The fraction of sp³-hybridized carbons (Fsp3) is 0.0667. The Morgan fingerprint density at radius 3 is 2.41 bits per heavy atom. The molecule has 0 aliphatic carbocycles. The van der Waals surface area contributed by atoms with Crippen molar-refractivity contribution in [3.8, 4) is 11.5 Å². The van der Waals surface area contributed by atoms with Crippen molar-refractivity contribution in [2.75, 3.05) is 0 Å². The van der Waals surface area contributed by atoms with Crippen molar-refractivity contribution in [2.45, 2.75) is 10.6 Å². The first-order valence-electron chi connectivity index (χ1n) is 6.28. The van der Waals surface area contributed by atoms with E-state index in [1.807, 2.05) is 18.2 Å². The minimum atomic E-state index is 0.462. The molecule has 112 valence electrons. The lowest BCUT2D eigenvalue weighted by atomic mass is 10.2. The molecule has 0 saturated carbocycles. The van der Waals surface area contributed by atoms with Gasteiger partial charge in [-0.1, -0.05) is 34.8 Å². The first kappa shape index (κ1) is 15.7. The number of halogens is 3. The Morgan fingerprint density at radius 2 is 1.64 bits per heavy atom. The lowest BCUT2D eigenvalue weighted by molar-refractivity contribution is 0.528. The van der Waals surface area contributed by atoms with Gasteiger partial charge in [0.15, 0.2) is 0 Å². The largest absolute Gasteiger partial charge is 0.420 e. The molecule has 0 radical (unpaired) electrons. The summed E-state index contributed by atoms with van der Waals surface area (Å²) in [5.74, 6) is 1.50. The lowest BCUT2D eigenvalue weighted by Gasteiger charge is -2.02. The third-order valence-electron chi connectivity index (χ3n) is 2.80. The van der Waals surface area contributed by atoms with Crippen LogP contribution in [-0.2, 0) is 5.75 Å². The zero-order valence-corrected chi connectivity index (χ0v) is 14.2. The molecule has 0 unspecified atom stereocenters. The van der Waals surface area contributed by atoms with Crippen LogP contribution in [0.2, 0.25) is 15.1 Å². The van der Waals surface area contributed by atoms with Gasteiger partial charge in [-0.2, -0.15) is 0 Å². The Kier molecular flexibility index (Phi) is 4.93. The van der Waals surface area contributed by atoms with Gasteiger partial charge in [-0.05, 0) is 42.5 Å². The number of thioether (sulfide) groups is 1. The first-order chi connectivity index (χ1) is 10.6. The standard InChI is InChI=1S/C15H9Cl3N2OS/c16-10-3-1-9(2-4-10)15-20-19-14(21-15)8-22-13-7-11(17)5-6-12(13)18/h1-7H,8H2. The maximum Gasteiger partial charge on any atom is 0.247 e. The summed E-state index contributed by atoms with van der Waals surface area (Å²) in [6, 6.07) is 12.5. The molecule has 0 bridgehead atoms. The van der Waals surface area contributed by atoms with E-state index < -0.39 is 0 Å². The summed E-state index contributed by atoms with van der Waals surface area (Å²) in [4.78, 5) is 0.875. The van der Waals surface area contributed by atoms with Crippen LogP contribution in [0.5, 0.6) is 0 Å². The van der Waals surface area contributed by atoms with E-state index in [0.717, 1.165) is 10.5 Å². The molecule has 0 atom stereocenters. The van der Waals surface area contributed by atoms with E-state index in [0.29, 0.717) is 32.6 Å². The Hall–Kier alpha value is -1.20. The maximum absolute atomic E-state index is 6.12. The number of rotatable bonds is 4. The minimum Gasteiger partial charge on any atom is -0.420 e. The van der Waals surface area contributed by atoms with Crippen LogP contribution in [0, 0.1) is 0 Å². The van der Waals surface area contributed by atoms with Gasteiger partial charge in [-0.3, -0.25) is 0 Å². The van der Waals surface area contributed by atoms with Crippen molar-refractivity contribution in [2.24, 2.45) is 0 Å². The second kappa shape index (κ2) is 6.92. The van der Waals surface area contributed by atoms with E-state index in [2.05, 4.69) is 10.2 Å². The molecule has 22 heavy (non-hydrogen) atoms. The third kappa shape index (κ3) is 3.76. The number of hydrogen-bond acceptors (Lipinski definition) is 4. The predicted molar refractivity (Wildman–Crippen MR) is 90.8 cm³/mol. The minimum absolute atomic E-state index is 0.462. The summed E-state index contributed by atoms with van der Waals surface area (Å²) in [7, 11) is 0. The molecule has 1 aromatic heterocycles. The second-order valence-electron chi connectivity index (χ2n) is 4.37. The Balaban J connectivity index is 1.72. The van der Waals surface area contributed by atoms with Gasteiger partial charge in [0.2, 0.25) is 11.8 Å². The van der Waals surface area contributed by atoms with Crippen LogP contribution in [-0.4, -0.2) is 10.2 Å². The molecule has 0 aliphatic heterocycles. The van der Waals surface area contributed by atoms with Gasteiger partial charge in [-0.25, -0.2) is 0 Å². The normalized spacial score (nSPS) is 10.9. The summed E-state index contributed by atoms with van der Waals surface area (Å²) < 4.78 is 5.64. The van der Waals surface area contributed by atoms with Crippen LogP contribution in [0.1, 0.15) is 5.89 Å². The van der Waals surface area contributed by atoms with Gasteiger partial charge in [0.05, 0.1) is 10.8 Å². The number of hydrogen-bond donors (Lipinski definition) is 0. The third-order valence-corrected chi connectivity index (χ3v) is 4.77. The molecule has 0 N–H and O–H groups in total. The fourth-order valence-electron chi connectivity index (χ4n) is 1.75. The Labute approximate surface area is 146 Å². The van der Waals surface area contributed by atoms with Gasteiger partial charge in [-0.15, -0.1) is 22.0 Å². The quantitative estimate of drug-likeness (QED) is 0.528. The highest BCUT2D eigenvalue weighted by Gasteiger charge is 2.10. The van der Waals surface area contributed by atoms with Crippen LogP contribution in [0.3, 0.4) is 0 Å². The number of benzene rings is 2. The monoisotopic (exact) mass is 370 g/mol. The molecular weight excluding hydrogens is 363 g/mol. The summed E-state index contributed by atoms with van der Waals surface area (Å²) in [5, 5.41) is 10.0. The second-order valence-corrected chi connectivity index (χ2v) is 6.67. The highest BCUT2D eigenvalue weighted by atomic mass is 35.5. The van der Waals surface area contributed by atoms with E-state index in [1.54, 1.807) is 24.3 Å². The van der Waals surface area contributed by atoms with Crippen LogP contribution in [0.25, 0.3) is 11.5 Å². The van der Waals surface area contributed by atoms with Crippen molar-refractivity contribution in [3.63, 3.8) is 0 Å². The van der Waals surface area contributed by atoms with Gasteiger partial charge in [0.1, 0.15) is 0 Å². The Morgan fingerprint density at radius 1 is 0.909 bits per heavy atom. The lowest BCUT2D eigenvalue weighted by Crippen LogP contribution is -1.81. The molecule has 0 saturated heterocycles. The summed E-state index contributed by atoms with van der Waals surface area (Å²) in [6.45, 7) is 0. The van der Waals surface area contributed by atoms with Crippen LogP contribution >= 0.6 is 46.6 Å². The van der Waals surface area contributed by atoms with Crippen molar-refractivity contribution in [1.29, 1.82) is 0 Å². The molecule has 0 fully saturated rings. The first-order valence-corrected chi connectivity index (χ1v) is 8.40. The highest BCUT2D eigenvalue weighted by Crippen LogP contribution is 2.32. The predicted octanol–water partition coefficient (Wildman–Crippen LogP) is 5.99. The smallest absolute Gasteiger partial charge is 0.247 e. The summed E-state index contributed by atoms with van der Waals surface area (Å²) in [6.07, 6.45) is 0. The van der Waals surface area contributed by atoms with Crippen LogP contribution in [0.4, 0.5) is 0 Å². The highest BCUT2D eigenvalue weighted by molar-refractivity contribution is 7.98. The van der Waals surface area contributed by atoms with Crippen molar-refractivity contribution < 1.29 is 4.42 Å². The number of aromatic nitrogens is 2. The van der Waals surface area contributed by atoms with Crippen molar-refractivity contribution in [1.82, 2.24) is 10.2 Å². The van der Waals surface area contributed by atoms with Crippen LogP contribution in [0.15, 0.2) is 51.8 Å². The van der Waals surface area contributed by atoms with E-state index in [9.17, 15) is 0 Å². The summed E-state index contributed by atoms with van der Waals surface area (Å²) >= 11 is 19.4. The van der Waals surface area contributed by atoms with E-state index >= 15 is 0 Å². The molecule has 2 aromatic carbocycles. The average Bonchev–Trinajstić information content (AvgIpc) is 2.98. The molecule has 3 nitrogen and oxygen atoms in total.